The number of alkyl halides is 3. The molecule has 0 bridgehead atoms. The lowest BCUT2D eigenvalue weighted by Gasteiger charge is -2.15. The van der Waals surface area contributed by atoms with Crippen molar-refractivity contribution < 1.29 is 18.3 Å². The van der Waals surface area contributed by atoms with Gasteiger partial charge in [0, 0.05) is 5.69 Å². The molecule has 0 radical (unpaired) electrons. The summed E-state index contributed by atoms with van der Waals surface area (Å²) in [4.78, 5) is 0. The molecule has 90 valence electrons. The van der Waals surface area contributed by atoms with Crippen molar-refractivity contribution in [3.8, 4) is 0 Å². The molecule has 6 heteroatoms. The molecular weight excluding hydrogens is 221 g/mol. The fourth-order valence-corrected chi connectivity index (χ4v) is 1.16. The van der Waals surface area contributed by atoms with Crippen LogP contribution >= 0.6 is 0 Å². The van der Waals surface area contributed by atoms with Crippen LogP contribution in [0.3, 0.4) is 0 Å². The number of aliphatic hydroxyl groups is 1. The summed E-state index contributed by atoms with van der Waals surface area (Å²) in [6.07, 6.45) is -5.31. The van der Waals surface area contributed by atoms with Crippen LogP contribution in [0.1, 0.15) is 12.5 Å². The van der Waals surface area contributed by atoms with Crippen LogP contribution < -0.4 is 10.6 Å². The van der Waals surface area contributed by atoms with Gasteiger partial charge in [0.05, 0.1) is 5.56 Å². The van der Waals surface area contributed by atoms with E-state index in [2.05, 4.69) is 10.6 Å². The van der Waals surface area contributed by atoms with Gasteiger partial charge in [0.15, 0.2) is 6.35 Å². The van der Waals surface area contributed by atoms with Crippen molar-refractivity contribution in [1.82, 2.24) is 5.32 Å². The Labute approximate surface area is 91.3 Å². The van der Waals surface area contributed by atoms with Crippen molar-refractivity contribution in [2.24, 2.45) is 0 Å². The zero-order valence-electron chi connectivity index (χ0n) is 8.67. The van der Waals surface area contributed by atoms with E-state index < -0.39 is 18.1 Å². The highest BCUT2D eigenvalue weighted by Crippen LogP contribution is 2.29. The van der Waals surface area contributed by atoms with Crippen LogP contribution in [0.15, 0.2) is 24.3 Å². The molecule has 16 heavy (non-hydrogen) atoms. The molecule has 0 aliphatic carbocycles. The van der Waals surface area contributed by atoms with Crippen LogP contribution in [-0.4, -0.2) is 18.0 Å². The van der Waals surface area contributed by atoms with Crippen LogP contribution in [0.4, 0.5) is 18.9 Å². The van der Waals surface area contributed by atoms with Gasteiger partial charge in [-0.25, -0.2) is 0 Å². The first kappa shape index (κ1) is 12.8. The standard InChI is InChI=1S/C10H13F3N2O/c1-2-14-9(16)15-8-5-3-7(4-6-8)10(11,12)13/h3-6,9,14-16H,2H2,1H3. The third-order valence-corrected chi connectivity index (χ3v) is 1.91. The molecule has 1 unspecified atom stereocenters. The van der Waals surface area contributed by atoms with Gasteiger partial charge in [0.2, 0.25) is 0 Å². The Morgan fingerprint density at radius 3 is 2.25 bits per heavy atom. The van der Waals surface area contributed by atoms with E-state index in [0.717, 1.165) is 12.1 Å². The predicted octanol–water partition coefficient (Wildman–Crippen LogP) is 2.00. The highest BCUT2D eigenvalue weighted by molar-refractivity contribution is 5.45. The largest absolute Gasteiger partial charge is 0.416 e. The third kappa shape index (κ3) is 3.71. The zero-order valence-corrected chi connectivity index (χ0v) is 8.67. The predicted molar refractivity (Wildman–Crippen MR) is 54.8 cm³/mol. The molecule has 0 saturated heterocycles. The fourth-order valence-electron chi connectivity index (χ4n) is 1.16. The lowest BCUT2D eigenvalue weighted by atomic mass is 10.2. The number of aliphatic hydroxyl groups excluding tert-OH is 1. The van der Waals surface area contributed by atoms with Gasteiger partial charge in [-0.05, 0) is 30.8 Å². The average molecular weight is 234 g/mol. The second kappa shape index (κ2) is 5.18. The molecule has 1 aromatic rings. The minimum absolute atomic E-state index is 0.418. The first-order valence-electron chi connectivity index (χ1n) is 4.78. The van der Waals surface area contributed by atoms with Crippen molar-refractivity contribution in [3.63, 3.8) is 0 Å². The summed E-state index contributed by atoms with van der Waals surface area (Å²) >= 11 is 0. The van der Waals surface area contributed by atoms with Crippen molar-refractivity contribution >= 4 is 5.69 Å². The van der Waals surface area contributed by atoms with Crippen LogP contribution in [0.2, 0.25) is 0 Å². The van der Waals surface area contributed by atoms with Gasteiger partial charge in [0.25, 0.3) is 0 Å². The Balaban J connectivity index is 2.65. The molecule has 0 aliphatic heterocycles. The maximum atomic E-state index is 12.2. The Morgan fingerprint density at radius 1 is 1.25 bits per heavy atom. The Morgan fingerprint density at radius 2 is 1.81 bits per heavy atom. The maximum absolute atomic E-state index is 12.2. The van der Waals surface area contributed by atoms with Crippen molar-refractivity contribution in [2.45, 2.75) is 19.5 Å². The second-order valence-corrected chi connectivity index (χ2v) is 3.18. The minimum Gasteiger partial charge on any atom is -0.361 e. The summed E-state index contributed by atoms with van der Waals surface area (Å²) in [5.74, 6) is 0. The van der Waals surface area contributed by atoms with E-state index in [9.17, 15) is 18.3 Å². The number of anilines is 1. The summed E-state index contributed by atoms with van der Waals surface area (Å²) in [5, 5.41) is 14.5. The molecular formula is C10H13F3N2O. The number of nitrogens with one attached hydrogen (secondary N) is 2. The molecule has 0 fully saturated rings. The van der Waals surface area contributed by atoms with Gasteiger partial charge in [-0.1, -0.05) is 6.92 Å². The normalized spacial score (nSPS) is 13.6. The molecule has 0 saturated carbocycles. The summed E-state index contributed by atoms with van der Waals surface area (Å²) in [6, 6.07) is 4.45. The lowest BCUT2D eigenvalue weighted by molar-refractivity contribution is -0.137. The molecule has 0 spiro atoms. The van der Waals surface area contributed by atoms with Gasteiger partial charge >= 0.3 is 6.18 Å². The zero-order chi connectivity index (χ0) is 12.2. The maximum Gasteiger partial charge on any atom is 0.416 e. The van der Waals surface area contributed by atoms with Gasteiger partial charge in [-0.15, -0.1) is 0 Å². The molecule has 1 atom stereocenters. The SMILES string of the molecule is CCNC(O)Nc1ccc(C(F)(F)F)cc1. The molecule has 1 rings (SSSR count). The Bertz CT molecular complexity index is 324. The summed E-state index contributed by atoms with van der Waals surface area (Å²) in [5.41, 5.74) is -0.294. The lowest BCUT2D eigenvalue weighted by Crippen LogP contribution is -2.35. The molecule has 0 heterocycles. The minimum atomic E-state index is -4.33. The molecule has 3 N–H and O–H groups in total. The third-order valence-electron chi connectivity index (χ3n) is 1.91. The monoisotopic (exact) mass is 234 g/mol. The van der Waals surface area contributed by atoms with Crippen molar-refractivity contribution in [2.75, 3.05) is 11.9 Å². The van der Waals surface area contributed by atoms with E-state index in [-0.39, 0.29) is 0 Å². The first-order valence-corrected chi connectivity index (χ1v) is 4.78. The molecule has 3 nitrogen and oxygen atoms in total. The number of hydrogen-bond acceptors (Lipinski definition) is 3. The van der Waals surface area contributed by atoms with E-state index in [0.29, 0.717) is 12.2 Å². The van der Waals surface area contributed by atoms with E-state index >= 15 is 0 Å². The smallest absolute Gasteiger partial charge is 0.361 e. The van der Waals surface area contributed by atoms with E-state index in [1.165, 1.54) is 12.1 Å². The topological polar surface area (TPSA) is 44.3 Å². The van der Waals surface area contributed by atoms with Crippen molar-refractivity contribution in [3.05, 3.63) is 29.8 Å². The van der Waals surface area contributed by atoms with Gasteiger partial charge in [-0.2, -0.15) is 13.2 Å². The fraction of sp³-hybridized carbons (Fsp3) is 0.400. The van der Waals surface area contributed by atoms with Gasteiger partial charge in [-0.3, -0.25) is 5.32 Å². The average Bonchev–Trinajstić information content (AvgIpc) is 2.17. The summed E-state index contributed by atoms with van der Waals surface area (Å²) in [7, 11) is 0. The number of hydrogen-bond donors (Lipinski definition) is 3. The molecule has 0 aromatic heterocycles. The van der Waals surface area contributed by atoms with E-state index in [1.54, 1.807) is 6.92 Å². The van der Waals surface area contributed by atoms with Crippen molar-refractivity contribution in [1.29, 1.82) is 0 Å². The summed E-state index contributed by atoms with van der Waals surface area (Å²) < 4.78 is 36.7. The first-order chi connectivity index (χ1) is 7.43. The Hall–Kier alpha value is -1.27. The molecule has 0 amide bonds. The quantitative estimate of drug-likeness (QED) is 0.698. The van der Waals surface area contributed by atoms with Crippen LogP contribution in [0.25, 0.3) is 0 Å². The van der Waals surface area contributed by atoms with E-state index in [4.69, 9.17) is 0 Å². The number of benzene rings is 1. The number of halogens is 3. The van der Waals surface area contributed by atoms with E-state index in [1.807, 2.05) is 0 Å². The second-order valence-electron chi connectivity index (χ2n) is 3.18. The van der Waals surface area contributed by atoms with Gasteiger partial charge in [0.1, 0.15) is 0 Å². The van der Waals surface area contributed by atoms with Crippen LogP contribution in [0, 0.1) is 0 Å². The van der Waals surface area contributed by atoms with Crippen LogP contribution in [-0.2, 0) is 6.18 Å². The van der Waals surface area contributed by atoms with Crippen LogP contribution in [0.5, 0.6) is 0 Å². The highest BCUT2D eigenvalue weighted by Gasteiger charge is 2.29. The molecule has 1 aromatic carbocycles. The Kier molecular flexibility index (Phi) is 4.14. The number of rotatable bonds is 4. The van der Waals surface area contributed by atoms with Gasteiger partial charge < -0.3 is 10.4 Å². The summed E-state index contributed by atoms with van der Waals surface area (Å²) in [6.45, 7) is 2.35. The highest BCUT2D eigenvalue weighted by atomic mass is 19.4. The molecule has 0 aliphatic rings.